The lowest BCUT2D eigenvalue weighted by Crippen LogP contribution is -2.41. The van der Waals surface area contributed by atoms with Crippen molar-refractivity contribution in [3.05, 3.63) is 35.4 Å². The molecular weight excluding hydrogens is 222 g/mol. The smallest absolute Gasteiger partial charge is 0.0695 e. The summed E-state index contributed by atoms with van der Waals surface area (Å²) in [5.74, 6) is 0. The zero-order chi connectivity index (χ0) is 13.2. The lowest BCUT2D eigenvalue weighted by molar-refractivity contribution is -0.0891. The van der Waals surface area contributed by atoms with Crippen LogP contribution >= 0.6 is 0 Å². The Balaban J connectivity index is 2.18. The highest BCUT2D eigenvalue weighted by Crippen LogP contribution is 2.40. The molecule has 2 nitrogen and oxygen atoms in total. The van der Waals surface area contributed by atoms with Gasteiger partial charge in [-0.2, -0.15) is 5.26 Å². The van der Waals surface area contributed by atoms with Gasteiger partial charge in [-0.25, -0.2) is 0 Å². The van der Waals surface area contributed by atoms with E-state index in [0.29, 0.717) is 6.61 Å². The van der Waals surface area contributed by atoms with Gasteiger partial charge in [0.15, 0.2) is 0 Å². The molecule has 0 N–H and O–H groups in total. The van der Waals surface area contributed by atoms with Gasteiger partial charge in [0.2, 0.25) is 0 Å². The number of ether oxygens (including phenoxy) is 1. The summed E-state index contributed by atoms with van der Waals surface area (Å²) in [4.78, 5) is 0. The molecule has 18 heavy (non-hydrogen) atoms. The van der Waals surface area contributed by atoms with Crippen LogP contribution in [0.4, 0.5) is 0 Å². The van der Waals surface area contributed by atoms with Crippen LogP contribution < -0.4 is 0 Å². The van der Waals surface area contributed by atoms with Crippen LogP contribution in [-0.2, 0) is 11.2 Å². The molecule has 1 atom stereocenters. The Labute approximate surface area is 110 Å². The van der Waals surface area contributed by atoms with Crippen molar-refractivity contribution < 1.29 is 4.74 Å². The third-order valence-electron chi connectivity index (χ3n) is 3.74. The minimum absolute atomic E-state index is 0.182. The lowest BCUT2D eigenvalue weighted by Gasteiger charge is -2.40. The molecule has 2 rings (SSSR count). The molecule has 0 spiro atoms. The second kappa shape index (κ2) is 4.74. The van der Waals surface area contributed by atoms with E-state index in [4.69, 9.17) is 4.74 Å². The molecule has 1 aromatic carbocycles. The SMILES string of the molecule is Cc1ccc(CC2(C#N)CCOC(C)(C)C2)cc1. The Morgan fingerprint density at radius 3 is 2.50 bits per heavy atom. The average molecular weight is 243 g/mol. The fraction of sp³-hybridized carbons (Fsp3) is 0.562. The van der Waals surface area contributed by atoms with E-state index in [0.717, 1.165) is 19.3 Å². The van der Waals surface area contributed by atoms with E-state index in [-0.39, 0.29) is 11.0 Å². The molecule has 1 aromatic rings. The van der Waals surface area contributed by atoms with Crippen LogP contribution in [0.3, 0.4) is 0 Å². The molecule has 2 heteroatoms. The summed E-state index contributed by atoms with van der Waals surface area (Å²) in [7, 11) is 0. The number of rotatable bonds is 2. The minimum atomic E-state index is -0.267. The summed E-state index contributed by atoms with van der Waals surface area (Å²) in [6.45, 7) is 6.93. The van der Waals surface area contributed by atoms with Crippen LogP contribution in [0.25, 0.3) is 0 Å². The molecule has 1 aliphatic heterocycles. The maximum Gasteiger partial charge on any atom is 0.0695 e. The number of hydrogen-bond acceptors (Lipinski definition) is 2. The molecule has 96 valence electrons. The molecule has 1 fully saturated rings. The van der Waals surface area contributed by atoms with E-state index in [9.17, 15) is 5.26 Å². The first-order valence-electron chi connectivity index (χ1n) is 6.56. The molecule has 1 unspecified atom stereocenters. The molecule has 1 aliphatic rings. The molecular formula is C16H21NO. The Morgan fingerprint density at radius 2 is 1.94 bits per heavy atom. The predicted molar refractivity (Wildman–Crippen MR) is 72.2 cm³/mol. The van der Waals surface area contributed by atoms with Gasteiger partial charge in [0.05, 0.1) is 17.1 Å². The molecule has 0 aromatic heterocycles. The molecule has 1 saturated heterocycles. The maximum atomic E-state index is 9.58. The van der Waals surface area contributed by atoms with E-state index >= 15 is 0 Å². The predicted octanol–water partition coefficient (Wildman–Crippen LogP) is 3.64. The molecule has 1 heterocycles. The van der Waals surface area contributed by atoms with Gasteiger partial charge >= 0.3 is 0 Å². The quantitative estimate of drug-likeness (QED) is 0.794. The first kappa shape index (κ1) is 13.1. The van der Waals surface area contributed by atoms with Gasteiger partial charge in [0, 0.05) is 6.61 Å². The fourth-order valence-electron chi connectivity index (χ4n) is 2.86. The normalized spacial score (nSPS) is 26.6. The Bertz CT molecular complexity index is 455. The van der Waals surface area contributed by atoms with Crippen molar-refractivity contribution in [2.45, 2.75) is 45.6 Å². The van der Waals surface area contributed by atoms with E-state index < -0.39 is 0 Å². The van der Waals surface area contributed by atoms with Gasteiger partial charge in [0.1, 0.15) is 0 Å². The molecule has 0 radical (unpaired) electrons. The van der Waals surface area contributed by atoms with Crippen molar-refractivity contribution in [3.63, 3.8) is 0 Å². The largest absolute Gasteiger partial charge is 0.375 e. The van der Waals surface area contributed by atoms with E-state index in [1.54, 1.807) is 0 Å². The summed E-state index contributed by atoms with van der Waals surface area (Å²) in [5, 5.41) is 9.58. The number of nitriles is 1. The lowest BCUT2D eigenvalue weighted by atomic mass is 9.71. The zero-order valence-electron chi connectivity index (χ0n) is 11.5. The van der Waals surface area contributed by atoms with E-state index in [2.05, 4.69) is 51.1 Å². The average Bonchev–Trinajstić information content (AvgIpc) is 2.31. The number of nitrogens with zero attached hydrogens (tertiary/aromatic N) is 1. The van der Waals surface area contributed by atoms with Gasteiger partial charge in [-0.05, 0) is 45.6 Å². The number of aryl methyl sites for hydroxylation is 1. The van der Waals surface area contributed by atoms with Crippen LogP contribution in [-0.4, -0.2) is 12.2 Å². The van der Waals surface area contributed by atoms with Crippen molar-refractivity contribution in [3.8, 4) is 6.07 Å². The van der Waals surface area contributed by atoms with Gasteiger partial charge in [-0.15, -0.1) is 0 Å². The number of benzene rings is 1. The summed E-state index contributed by atoms with van der Waals surface area (Å²) in [5.41, 5.74) is 2.06. The van der Waals surface area contributed by atoms with Crippen LogP contribution in [0.2, 0.25) is 0 Å². The molecule has 0 saturated carbocycles. The summed E-state index contributed by atoms with van der Waals surface area (Å²) >= 11 is 0. The van der Waals surface area contributed by atoms with Crippen LogP contribution in [0.5, 0.6) is 0 Å². The van der Waals surface area contributed by atoms with Crippen molar-refractivity contribution in [2.75, 3.05) is 6.61 Å². The van der Waals surface area contributed by atoms with Crippen molar-refractivity contribution in [1.29, 1.82) is 5.26 Å². The third-order valence-corrected chi connectivity index (χ3v) is 3.74. The monoisotopic (exact) mass is 243 g/mol. The van der Waals surface area contributed by atoms with Gasteiger partial charge in [-0.3, -0.25) is 0 Å². The zero-order valence-corrected chi connectivity index (χ0v) is 11.5. The standard InChI is InChI=1S/C16H21NO/c1-13-4-6-14(7-5-13)10-16(12-17)8-9-18-15(2,3)11-16/h4-7H,8-11H2,1-3H3. The highest BCUT2D eigenvalue weighted by molar-refractivity contribution is 5.24. The first-order chi connectivity index (χ1) is 8.45. The van der Waals surface area contributed by atoms with Gasteiger partial charge in [-0.1, -0.05) is 29.8 Å². The molecule has 0 aliphatic carbocycles. The highest BCUT2D eigenvalue weighted by Gasteiger charge is 2.41. The Hall–Kier alpha value is -1.33. The maximum absolute atomic E-state index is 9.58. The Kier molecular flexibility index (Phi) is 3.45. The van der Waals surface area contributed by atoms with Crippen LogP contribution in [0.15, 0.2) is 24.3 Å². The second-order valence-electron chi connectivity index (χ2n) is 6.09. The minimum Gasteiger partial charge on any atom is -0.375 e. The van der Waals surface area contributed by atoms with E-state index in [1.807, 2.05) is 0 Å². The van der Waals surface area contributed by atoms with Crippen LogP contribution in [0.1, 0.15) is 37.8 Å². The topological polar surface area (TPSA) is 33.0 Å². The van der Waals surface area contributed by atoms with Crippen molar-refractivity contribution in [2.24, 2.45) is 5.41 Å². The van der Waals surface area contributed by atoms with Crippen molar-refractivity contribution in [1.82, 2.24) is 0 Å². The molecule has 0 amide bonds. The number of hydrogen-bond donors (Lipinski definition) is 0. The fourth-order valence-corrected chi connectivity index (χ4v) is 2.86. The third kappa shape index (κ3) is 2.91. The first-order valence-corrected chi connectivity index (χ1v) is 6.56. The Morgan fingerprint density at radius 1 is 1.28 bits per heavy atom. The van der Waals surface area contributed by atoms with E-state index in [1.165, 1.54) is 11.1 Å². The van der Waals surface area contributed by atoms with Gasteiger partial charge < -0.3 is 4.74 Å². The summed E-state index contributed by atoms with van der Waals surface area (Å²) in [6, 6.07) is 11.1. The van der Waals surface area contributed by atoms with Crippen molar-refractivity contribution >= 4 is 0 Å². The second-order valence-corrected chi connectivity index (χ2v) is 6.09. The molecule has 0 bridgehead atoms. The van der Waals surface area contributed by atoms with Gasteiger partial charge in [0.25, 0.3) is 0 Å². The van der Waals surface area contributed by atoms with Crippen LogP contribution in [0, 0.1) is 23.7 Å². The summed E-state index contributed by atoms with van der Waals surface area (Å²) < 4.78 is 5.73. The summed E-state index contributed by atoms with van der Waals surface area (Å²) in [6.07, 6.45) is 2.47. The highest BCUT2D eigenvalue weighted by atomic mass is 16.5.